The van der Waals surface area contributed by atoms with Crippen LogP contribution in [0.25, 0.3) is 0 Å². The lowest BCUT2D eigenvalue weighted by molar-refractivity contribution is -0.118. The molecule has 1 aliphatic carbocycles. The summed E-state index contributed by atoms with van der Waals surface area (Å²) < 4.78 is 26.4. The largest absolute Gasteiger partial charge is 0.317 e. The molecule has 4 rings (SSSR count). The van der Waals surface area contributed by atoms with E-state index in [-0.39, 0.29) is 12.0 Å². The van der Waals surface area contributed by atoms with Crippen LogP contribution in [0.2, 0.25) is 0 Å². The number of likely N-dealkylation sites (tertiary alicyclic amines) is 1. The Balaban J connectivity index is 1.49. The zero-order valence-electron chi connectivity index (χ0n) is 16.5. The molecular weight excluding hydrogens is 376 g/mol. The van der Waals surface area contributed by atoms with Crippen LogP contribution >= 0.6 is 0 Å². The molecule has 28 heavy (non-hydrogen) atoms. The highest BCUT2D eigenvalue weighted by Crippen LogP contribution is 2.38. The van der Waals surface area contributed by atoms with Gasteiger partial charge in [0.15, 0.2) is 0 Å². The van der Waals surface area contributed by atoms with Gasteiger partial charge < -0.3 is 5.32 Å². The van der Waals surface area contributed by atoms with Crippen molar-refractivity contribution in [1.82, 2.24) is 19.9 Å². The highest BCUT2D eigenvalue weighted by molar-refractivity contribution is 7.90. The van der Waals surface area contributed by atoms with Gasteiger partial charge in [-0.05, 0) is 76.7 Å². The van der Waals surface area contributed by atoms with Gasteiger partial charge in [0.05, 0.1) is 17.4 Å². The van der Waals surface area contributed by atoms with Crippen LogP contribution in [0.3, 0.4) is 0 Å². The SMILES string of the molecule is Cc1ccc(CN2CCCC23CCNCC3)c(CC(=O)NS(=O)(=O)C2CC2)n1. The van der Waals surface area contributed by atoms with Crippen molar-refractivity contribution in [1.29, 1.82) is 0 Å². The van der Waals surface area contributed by atoms with E-state index in [1.165, 1.54) is 12.8 Å². The average Bonchev–Trinajstić information content (AvgIpc) is 3.44. The van der Waals surface area contributed by atoms with Gasteiger partial charge in [-0.15, -0.1) is 0 Å². The summed E-state index contributed by atoms with van der Waals surface area (Å²) in [5.41, 5.74) is 2.82. The van der Waals surface area contributed by atoms with Gasteiger partial charge in [-0.25, -0.2) is 8.42 Å². The van der Waals surface area contributed by atoms with Gasteiger partial charge in [-0.2, -0.15) is 0 Å². The first-order chi connectivity index (χ1) is 13.4. The van der Waals surface area contributed by atoms with E-state index in [9.17, 15) is 13.2 Å². The highest BCUT2D eigenvalue weighted by atomic mass is 32.2. The van der Waals surface area contributed by atoms with Gasteiger partial charge in [0.2, 0.25) is 15.9 Å². The lowest BCUT2D eigenvalue weighted by Crippen LogP contribution is -2.50. The predicted octanol–water partition coefficient (Wildman–Crippen LogP) is 1.26. The van der Waals surface area contributed by atoms with Crippen LogP contribution < -0.4 is 10.0 Å². The Bertz CT molecular complexity index is 845. The third kappa shape index (κ3) is 4.23. The van der Waals surface area contributed by atoms with E-state index < -0.39 is 21.2 Å². The molecule has 8 heteroatoms. The lowest BCUT2D eigenvalue weighted by Gasteiger charge is -2.42. The van der Waals surface area contributed by atoms with Crippen LogP contribution in [-0.4, -0.2) is 54.6 Å². The normalized spacial score (nSPS) is 22.5. The molecule has 1 saturated carbocycles. The Labute approximate surface area is 167 Å². The first-order valence-corrected chi connectivity index (χ1v) is 11.9. The molecule has 0 bridgehead atoms. The standard InChI is InChI=1S/C20H30N4O3S/c1-15-3-4-16(14-24-12-2-7-20(24)8-10-21-11-9-20)18(22-15)13-19(25)23-28(26,27)17-5-6-17/h3-4,17,21H,2,5-14H2,1H3,(H,23,25). The molecule has 0 atom stereocenters. The third-order valence-corrected chi connectivity index (χ3v) is 8.25. The Kier molecular flexibility index (Phi) is 5.46. The molecule has 0 radical (unpaired) electrons. The Hall–Kier alpha value is -1.51. The zero-order valence-corrected chi connectivity index (χ0v) is 17.4. The highest BCUT2D eigenvalue weighted by Gasteiger charge is 2.41. The van der Waals surface area contributed by atoms with Crippen LogP contribution in [0.5, 0.6) is 0 Å². The Morgan fingerprint density at radius 1 is 1.29 bits per heavy atom. The molecular formula is C20H30N4O3S. The summed E-state index contributed by atoms with van der Waals surface area (Å²) in [6.07, 6.45) is 6.03. The quantitative estimate of drug-likeness (QED) is 0.739. The van der Waals surface area contributed by atoms with E-state index in [1.54, 1.807) is 0 Å². The van der Waals surface area contributed by atoms with E-state index in [2.05, 4.69) is 19.9 Å². The summed E-state index contributed by atoms with van der Waals surface area (Å²) in [6.45, 7) is 5.84. The number of nitrogens with one attached hydrogen (secondary N) is 2. The number of rotatable bonds is 6. The second-order valence-corrected chi connectivity index (χ2v) is 10.5. The van der Waals surface area contributed by atoms with Crippen molar-refractivity contribution in [3.8, 4) is 0 Å². The van der Waals surface area contributed by atoms with E-state index in [0.717, 1.165) is 50.3 Å². The van der Waals surface area contributed by atoms with Crippen molar-refractivity contribution in [2.45, 2.75) is 69.2 Å². The number of aryl methyl sites for hydroxylation is 1. The molecule has 1 aromatic heterocycles. The van der Waals surface area contributed by atoms with Crippen molar-refractivity contribution in [3.63, 3.8) is 0 Å². The third-order valence-electron chi connectivity index (χ3n) is 6.39. The van der Waals surface area contributed by atoms with Crippen molar-refractivity contribution in [2.24, 2.45) is 0 Å². The Morgan fingerprint density at radius 2 is 2.04 bits per heavy atom. The maximum absolute atomic E-state index is 12.4. The molecule has 154 valence electrons. The number of nitrogens with zero attached hydrogens (tertiary/aromatic N) is 2. The number of carbonyl (C=O) groups is 1. The fourth-order valence-corrected chi connectivity index (χ4v) is 5.96. The van der Waals surface area contributed by atoms with Crippen molar-refractivity contribution in [2.75, 3.05) is 19.6 Å². The topological polar surface area (TPSA) is 91.4 Å². The molecule has 3 fully saturated rings. The number of piperidine rings is 1. The van der Waals surface area contributed by atoms with Gasteiger partial charge in [0, 0.05) is 17.8 Å². The summed E-state index contributed by atoms with van der Waals surface area (Å²) in [5.74, 6) is -0.482. The molecule has 7 nitrogen and oxygen atoms in total. The summed E-state index contributed by atoms with van der Waals surface area (Å²) in [5, 5.41) is 3.05. The maximum atomic E-state index is 12.4. The smallest absolute Gasteiger partial charge is 0.239 e. The fraction of sp³-hybridized carbons (Fsp3) is 0.700. The first-order valence-electron chi connectivity index (χ1n) is 10.3. The van der Waals surface area contributed by atoms with E-state index >= 15 is 0 Å². The minimum atomic E-state index is -3.52. The van der Waals surface area contributed by atoms with E-state index in [4.69, 9.17) is 0 Å². The molecule has 1 amide bonds. The lowest BCUT2D eigenvalue weighted by atomic mass is 9.85. The number of aromatic nitrogens is 1. The van der Waals surface area contributed by atoms with E-state index in [0.29, 0.717) is 18.5 Å². The van der Waals surface area contributed by atoms with Gasteiger partial charge in [0.1, 0.15) is 0 Å². The van der Waals surface area contributed by atoms with E-state index in [1.807, 2.05) is 19.1 Å². The molecule has 1 aromatic rings. The molecule has 2 saturated heterocycles. The van der Waals surface area contributed by atoms with Gasteiger partial charge >= 0.3 is 0 Å². The van der Waals surface area contributed by atoms with Gasteiger partial charge in [0.25, 0.3) is 0 Å². The minimum absolute atomic E-state index is 0.00532. The van der Waals surface area contributed by atoms with Crippen LogP contribution in [0, 0.1) is 6.92 Å². The monoisotopic (exact) mass is 406 g/mol. The molecule has 3 heterocycles. The Morgan fingerprint density at radius 3 is 2.75 bits per heavy atom. The predicted molar refractivity (Wildman–Crippen MR) is 107 cm³/mol. The van der Waals surface area contributed by atoms with Crippen LogP contribution in [0.4, 0.5) is 0 Å². The molecule has 0 aromatic carbocycles. The van der Waals surface area contributed by atoms with Crippen molar-refractivity contribution in [3.05, 3.63) is 29.1 Å². The number of amides is 1. The summed E-state index contributed by atoms with van der Waals surface area (Å²) in [7, 11) is -3.52. The molecule has 3 aliphatic rings. The number of hydrogen-bond donors (Lipinski definition) is 2. The van der Waals surface area contributed by atoms with Crippen LogP contribution in [-0.2, 0) is 27.8 Å². The van der Waals surface area contributed by atoms with Gasteiger partial charge in [-0.1, -0.05) is 6.07 Å². The maximum Gasteiger partial charge on any atom is 0.239 e. The molecule has 2 N–H and O–H groups in total. The van der Waals surface area contributed by atoms with Gasteiger partial charge in [-0.3, -0.25) is 19.4 Å². The number of sulfonamides is 1. The van der Waals surface area contributed by atoms with Crippen LogP contribution in [0.1, 0.15) is 55.5 Å². The fourth-order valence-electron chi connectivity index (χ4n) is 4.65. The number of pyridine rings is 1. The molecule has 1 spiro atoms. The second kappa shape index (κ2) is 7.72. The zero-order chi connectivity index (χ0) is 19.8. The molecule has 0 unspecified atom stereocenters. The number of hydrogen-bond acceptors (Lipinski definition) is 6. The second-order valence-electron chi connectivity index (χ2n) is 8.50. The average molecular weight is 407 g/mol. The van der Waals surface area contributed by atoms with Crippen molar-refractivity contribution >= 4 is 15.9 Å². The van der Waals surface area contributed by atoms with Crippen molar-refractivity contribution < 1.29 is 13.2 Å². The number of carbonyl (C=O) groups excluding carboxylic acids is 1. The van der Waals surface area contributed by atoms with Crippen LogP contribution in [0.15, 0.2) is 12.1 Å². The summed E-state index contributed by atoms with van der Waals surface area (Å²) in [4.78, 5) is 19.5. The molecule has 2 aliphatic heterocycles. The summed E-state index contributed by atoms with van der Waals surface area (Å²) >= 11 is 0. The minimum Gasteiger partial charge on any atom is -0.317 e. The summed E-state index contributed by atoms with van der Waals surface area (Å²) in [6, 6.07) is 4.02. The first kappa shape index (κ1) is 19.8.